The van der Waals surface area contributed by atoms with E-state index in [0.717, 1.165) is 37.5 Å². The normalized spacial score (nSPS) is 18.9. The molecule has 1 unspecified atom stereocenters. The third-order valence-corrected chi connectivity index (χ3v) is 2.68. The van der Waals surface area contributed by atoms with Crippen LogP contribution in [0.2, 0.25) is 0 Å². The fraction of sp³-hybridized carbons (Fsp3) is 0.875. The van der Waals surface area contributed by atoms with E-state index < -0.39 is 10.8 Å². The van der Waals surface area contributed by atoms with Crippen molar-refractivity contribution in [1.29, 1.82) is 0 Å². The van der Waals surface area contributed by atoms with E-state index in [1.165, 1.54) is 6.42 Å². The number of hydrogen-bond donors (Lipinski definition) is 1. The molecule has 1 heterocycles. The summed E-state index contributed by atoms with van der Waals surface area (Å²) in [5, 5.41) is 3.25. The molecule has 4 heteroatoms. The minimum atomic E-state index is -0.648. The summed E-state index contributed by atoms with van der Waals surface area (Å²) in [7, 11) is -0.648. The zero-order valence-electron chi connectivity index (χ0n) is 7.51. The Hall–Kier alpha value is -0.380. The fourth-order valence-electron chi connectivity index (χ4n) is 1.19. The van der Waals surface area contributed by atoms with E-state index in [9.17, 15) is 4.21 Å². The van der Waals surface area contributed by atoms with Crippen molar-refractivity contribution in [2.75, 3.05) is 25.1 Å². The van der Waals surface area contributed by atoms with Crippen LogP contribution in [-0.4, -0.2) is 35.1 Å². The summed E-state index contributed by atoms with van der Waals surface area (Å²) in [5.74, 6) is 1.93. The molecule has 0 saturated carbocycles. The molecular weight excluding hydrogens is 172 g/mol. The predicted molar refractivity (Wildman–Crippen MR) is 53.1 cm³/mol. The second kappa shape index (κ2) is 5.30. The van der Waals surface area contributed by atoms with Crippen molar-refractivity contribution in [2.24, 2.45) is 4.99 Å². The van der Waals surface area contributed by atoms with Gasteiger partial charge >= 0.3 is 0 Å². The SMILES string of the molecule is CS(=O)CCCNC1=NCCC1. The molecule has 1 N–H and O–H groups in total. The molecule has 0 radical (unpaired) electrons. The number of hydrogen-bond acceptors (Lipinski definition) is 3. The van der Waals surface area contributed by atoms with Crippen LogP contribution in [0.4, 0.5) is 0 Å². The van der Waals surface area contributed by atoms with Crippen LogP contribution in [0.3, 0.4) is 0 Å². The van der Waals surface area contributed by atoms with Crippen molar-refractivity contribution in [2.45, 2.75) is 19.3 Å². The molecule has 0 spiro atoms. The molecular formula is C8H16N2OS. The average Bonchev–Trinajstić information content (AvgIpc) is 2.49. The van der Waals surface area contributed by atoms with Crippen LogP contribution in [0.5, 0.6) is 0 Å². The molecule has 0 amide bonds. The third kappa shape index (κ3) is 3.85. The lowest BCUT2D eigenvalue weighted by molar-refractivity contribution is 0.683. The predicted octanol–water partition coefficient (Wildman–Crippen LogP) is 0.537. The first kappa shape index (κ1) is 9.71. The van der Waals surface area contributed by atoms with E-state index in [-0.39, 0.29) is 0 Å². The van der Waals surface area contributed by atoms with Crippen LogP contribution in [0.1, 0.15) is 19.3 Å². The summed E-state index contributed by atoms with van der Waals surface area (Å²) in [6.07, 6.45) is 4.99. The van der Waals surface area contributed by atoms with E-state index in [1.54, 1.807) is 6.26 Å². The van der Waals surface area contributed by atoms with Gasteiger partial charge in [-0.2, -0.15) is 0 Å². The Kier molecular flexibility index (Phi) is 4.29. The van der Waals surface area contributed by atoms with Crippen LogP contribution in [0, 0.1) is 0 Å². The molecule has 0 aliphatic carbocycles. The van der Waals surface area contributed by atoms with Gasteiger partial charge in [0.15, 0.2) is 0 Å². The van der Waals surface area contributed by atoms with E-state index in [1.807, 2.05) is 0 Å². The maximum atomic E-state index is 10.7. The molecule has 70 valence electrons. The third-order valence-electron chi connectivity index (χ3n) is 1.81. The monoisotopic (exact) mass is 188 g/mol. The lowest BCUT2D eigenvalue weighted by Gasteiger charge is -2.03. The molecule has 1 aliphatic heterocycles. The summed E-state index contributed by atoms with van der Waals surface area (Å²) in [6, 6.07) is 0. The standard InChI is InChI=1S/C8H16N2OS/c1-12(11)7-3-6-10-8-4-2-5-9-8/h2-7H2,1H3,(H,9,10). The largest absolute Gasteiger partial charge is 0.374 e. The van der Waals surface area contributed by atoms with E-state index in [2.05, 4.69) is 10.3 Å². The minimum absolute atomic E-state index is 0.648. The second-order valence-electron chi connectivity index (χ2n) is 2.99. The van der Waals surface area contributed by atoms with Crippen molar-refractivity contribution in [1.82, 2.24) is 5.32 Å². The molecule has 0 fully saturated rings. The molecule has 12 heavy (non-hydrogen) atoms. The summed E-state index contributed by atoms with van der Waals surface area (Å²) in [4.78, 5) is 4.28. The topological polar surface area (TPSA) is 41.5 Å². The molecule has 1 atom stereocenters. The molecule has 0 aromatic rings. The Labute approximate surface area is 76.1 Å². The van der Waals surface area contributed by atoms with Crippen LogP contribution in [0.15, 0.2) is 4.99 Å². The van der Waals surface area contributed by atoms with Gasteiger partial charge in [0.1, 0.15) is 0 Å². The van der Waals surface area contributed by atoms with Crippen molar-refractivity contribution in [3.05, 3.63) is 0 Å². The summed E-state index contributed by atoms with van der Waals surface area (Å²) < 4.78 is 10.7. The van der Waals surface area contributed by atoms with E-state index in [0.29, 0.717) is 0 Å². The number of rotatable bonds is 4. The Morgan fingerprint density at radius 2 is 2.50 bits per heavy atom. The van der Waals surface area contributed by atoms with Crippen LogP contribution in [0.25, 0.3) is 0 Å². The first-order valence-corrected chi connectivity index (χ1v) is 6.09. The molecule has 1 aliphatic rings. The number of nitrogens with one attached hydrogen (secondary N) is 1. The van der Waals surface area contributed by atoms with Crippen molar-refractivity contribution in [3.8, 4) is 0 Å². The number of amidine groups is 1. The van der Waals surface area contributed by atoms with Gasteiger partial charge in [-0.25, -0.2) is 0 Å². The lowest BCUT2D eigenvalue weighted by Crippen LogP contribution is -2.23. The highest BCUT2D eigenvalue weighted by Crippen LogP contribution is 2.00. The first-order chi connectivity index (χ1) is 5.79. The van der Waals surface area contributed by atoms with Gasteiger partial charge < -0.3 is 5.32 Å². The highest BCUT2D eigenvalue weighted by atomic mass is 32.2. The summed E-state index contributed by atoms with van der Waals surface area (Å²) in [5.41, 5.74) is 0. The quantitative estimate of drug-likeness (QED) is 0.654. The van der Waals surface area contributed by atoms with E-state index >= 15 is 0 Å². The highest BCUT2D eigenvalue weighted by Gasteiger charge is 2.03. The lowest BCUT2D eigenvalue weighted by atomic mass is 10.3. The smallest absolute Gasteiger partial charge is 0.0963 e. The fourth-order valence-corrected chi connectivity index (χ4v) is 1.74. The molecule has 0 aromatic heterocycles. The highest BCUT2D eigenvalue weighted by molar-refractivity contribution is 7.84. The average molecular weight is 188 g/mol. The van der Waals surface area contributed by atoms with Crippen molar-refractivity contribution < 1.29 is 4.21 Å². The van der Waals surface area contributed by atoms with Gasteiger partial charge in [0, 0.05) is 42.3 Å². The van der Waals surface area contributed by atoms with Crippen LogP contribution >= 0.6 is 0 Å². The zero-order valence-corrected chi connectivity index (χ0v) is 8.32. The van der Waals surface area contributed by atoms with Gasteiger partial charge in [0.25, 0.3) is 0 Å². The maximum Gasteiger partial charge on any atom is 0.0963 e. The van der Waals surface area contributed by atoms with E-state index in [4.69, 9.17) is 0 Å². The van der Waals surface area contributed by atoms with Gasteiger partial charge in [-0.3, -0.25) is 9.20 Å². The van der Waals surface area contributed by atoms with Crippen molar-refractivity contribution >= 4 is 16.6 Å². The van der Waals surface area contributed by atoms with Crippen LogP contribution in [-0.2, 0) is 10.8 Å². The van der Waals surface area contributed by atoms with Gasteiger partial charge in [0.2, 0.25) is 0 Å². The molecule has 0 saturated heterocycles. The molecule has 3 nitrogen and oxygen atoms in total. The van der Waals surface area contributed by atoms with Crippen LogP contribution < -0.4 is 5.32 Å². The Balaban J connectivity index is 1.98. The second-order valence-corrected chi connectivity index (χ2v) is 4.54. The van der Waals surface area contributed by atoms with Gasteiger partial charge in [-0.05, 0) is 12.8 Å². The number of aliphatic imine (C=N–C) groups is 1. The molecule has 1 rings (SSSR count). The summed E-state index contributed by atoms with van der Waals surface area (Å²) >= 11 is 0. The van der Waals surface area contributed by atoms with Gasteiger partial charge in [0.05, 0.1) is 5.84 Å². The van der Waals surface area contributed by atoms with Gasteiger partial charge in [-0.15, -0.1) is 0 Å². The van der Waals surface area contributed by atoms with Gasteiger partial charge in [-0.1, -0.05) is 0 Å². The molecule has 0 bridgehead atoms. The number of nitrogens with zero attached hydrogens (tertiary/aromatic N) is 1. The Morgan fingerprint density at radius 3 is 3.08 bits per heavy atom. The molecule has 0 aromatic carbocycles. The Morgan fingerprint density at radius 1 is 1.67 bits per heavy atom. The zero-order chi connectivity index (χ0) is 8.81. The van der Waals surface area contributed by atoms with Crippen molar-refractivity contribution in [3.63, 3.8) is 0 Å². The minimum Gasteiger partial charge on any atom is -0.374 e. The Bertz CT molecular complexity index is 191. The first-order valence-electron chi connectivity index (χ1n) is 4.36. The summed E-state index contributed by atoms with van der Waals surface area (Å²) in [6.45, 7) is 1.89. The maximum absolute atomic E-state index is 10.7.